The molecule has 58 heavy (non-hydrogen) atoms. The minimum Gasteiger partial charge on any atom is -0.311 e. The predicted octanol–water partition coefficient (Wildman–Crippen LogP) is 15.0. The van der Waals surface area contributed by atoms with Gasteiger partial charge >= 0.3 is 0 Å². The molecule has 0 saturated carbocycles. The molecule has 2 aromatic heterocycles. The first-order valence-electron chi connectivity index (χ1n) is 19.8. The van der Waals surface area contributed by atoms with Crippen LogP contribution in [-0.4, -0.2) is 9.55 Å². The topological polar surface area (TPSA) is 21.1 Å². The maximum atomic E-state index is 5.26. The zero-order chi connectivity index (χ0) is 38.4. The molecule has 0 spiro atoms. The number of hydrogen-bond donors (Lipinski definition) is 0. The lowest BCUT2D eigenvalue weighted by Gasteiger charge is -2.26. The van der Waals surface area contributed by atoms with Crippen LogP contribution in [0, 0.1) is 0 Å². The van der Waals surface area contributed by atoms with Gasteiger partial charge in [-0.05, 0) is 100 Å². The Morgan fingerprint density at radius 2 is 0.776 bits per heavy atom. The van der Waals surface area contributed by atoms with Crippen LogP contribution in [0.15, 0.2) is 224 Å². The van der Waals surface area contributed by atoms with Crippen LogP contribution in [0.2, 0.25) is 0 Å². The normalized spacial score (nSPS) is 11.4. The largest absolute Gasteiger partial charge is 0.311 e. The average molecular weight is 740 g/mol. The van der Waals surface area contributed by atoms with E-state index >= 15 is 0 Å². The Kier molecular flexibility index (Phi) is 8.15. The fourth-order valence-electron chi connectivity index (χ4n) is 8.57. The number of pyridine rings is 1. The van der Waals surface area contributed by atoms with E-state index in [9.17, 15) is 0 Å². The molecule has 0 aliphatic rings. The molecular weight excluding hydrogens is 703 g/mol. The Bertz CT molecular complexity index is 3140. The molecule has 272 valence electrons. The lowest BCUT2D eigenvalue weighted by molar-refractivity contribution is 1.17. The molecule has 0 radical (unpaired) electrons. The highest BCUT2D eigenvalue weighted by molar-refractivity contribution is 6.20. The van der Waals surface area contributed by atoms with Gasteiger partial charge in [-0.1, -0.05) is 152 Å². The minimum atomic E-state index is 0.996. The lowest BCUT2D eigenvalue weighted by Crippen LogP contribution is -2.10. The van der Waals surface area contributed by atoms with Crippen molar-refractivity contribution in [3.8, 4) is 39.2 Å². The molecule has 0 N–H and O–H groups in total. The van der Waals surface area contributed by atoms with Gasteiger partial charge in [0.2, 0.25) is 0 Å². The highest BCUT2D eigenvalue weighted by Gasteiger charge is 2.19. The monoisotopic (exact) mass is 739 g/mol. The number of para-hydroxylation sites is 2. The van der Waals surface area contributed by atoms with Crippen LogP contribution >= 0.6 is 0 Å². The first-order valence-corrected chi connectivity index (χ1v) is 19.8. The highest BCUT2D eigenvalue weighted by Crippen LogP contribution is 2.41. The second kappa shape index (κ2) is 14.1. The Morgan fingerprint density at radius 1 is 0.310 bits per heavy atom. The fraction of sp³-hybridized carbons (Fsp3) is 0. The molecule has 11 rings (SSSR count). The summed E-state index contributed by atoms with van der Waals surface area (Å²) in [7, 11) is 0. The van der Waals surface area contributed by atoms with Gasteiger partial charge in [0.05, 0.1) is 22.2 Å². The van der Waals surface area contributed by atoms with E-state index in [2.05, 4.69) is 234 Å². The highest BCUT2D eigenvalue weighted by atomic mass is 15.1. The average Bonchev–Trinajstić information content (AvgIpc) is 3.63. The number of nitrogens with zero attached hydrogens (tertiary/aromatic N) is 3. The number of benzene rings is 9. The molecule has 0 fully saturated rings. The molecule has 9 aromatic carbocycles. The molecule has 0 bridgehead atoms. The molecule has 3 nitrogen and oxygen atoms in total. The summed E-state index contributed by atoms with van der Waals surface area (Å²) < 4.78 is 2.41. The van der Waals surface area contributed by atoms with Crippen molar-refractivity contribution in [2.45, 2.75) is 0 Å². The van der Waals surface area contributed by atoms with Crippen LogP contribution in [0.25, 0.3) is 82.7 Å². The van der Waals surface area contributed by atoms with Crippen LogP contribution < -0.4 is 4.90 Å². The third-order valence-electron chi connectivity index (χ3n) is 11.4. The summed E-state index contributed by atoms with van der Waals surface area (Å²) in [5.41, 5.74) is 14.6. The SMILES string of the molecule is c1ccc(-c2ccc(N(c3ccc(-c4ccccc4)cc3)c3ccc(-n4c5ccccc5c5cc6c(cc54)c(-c4ccccc4)nc4ccccc46)cc3)cc2)cc1. The Hall–Kier alpha value is -7.75. The number of hydrogen-bond acceptors (Lipinski definition) is 2. The van der Waals surface area contributed by atoms with Crippen molar-refractivity contribution in [1.29, 1.82) is 0 Å². The summed E-state index contributed by atoms with van der Waals surface area (Å²) in [5, 5.41) is 5.96. The van der Waals surface area contributed by atoms with Gasteiger partial charge in [-0.3, -0.25) is 0 Å². The van der Waals surface area contributed by atoms with E-state index in [1.54, 1.807) is 0 Å². The first kappa shape index (κ1) is 33.6. The molecule has 0 atom stereocenters. The van der Waals surface area contributed by atoms with E-state index in [1.807, 2.05) is 0 Å². The van der Waals surface area contributed by atoms with E-state index < -0.39 is 0 Å². The van der Waals surface area contributed by atoms with Crippen molar-refractivity contribution in [3.05, 3.63) is 224 Å². The third kappa shape index (κ3) is 5.80. The van der Waals surface area contributed by atoms with E-state index in [0.717, 1.165) is 55.8 Å². The quantitative estimate of drug-likeness (QED) is 0.152. The predicted molar refractivity (Wildman–Crippen MR) is 245 cm³/mol. The maximum absolute atomic E-state index is 5.26. The van der Waals surface area contributed by atoms with Crippen molar-refractivity contribution in [2.75, 3.05) is 4.90 Å². The number of anilines is 3. The summed E-state index contributed by atoms with van der Waals surface area (Å²) in [6.07, 6.45) is 0. The van der Waals surface area contributed by atoms with Crippen molar-refractivity contribution >= 4 is 60.5 Å². The molecule has 11 aromatic rings. The lowest BCUT2D eigenvalue weighted by atomic mass is 9.98. The molecule has 0 aliphatic heterocycles. The summed E-state index contributed by atoms with van der Waals surface area (Å²) in [5.74, 6) is 0. The molecule has 3 heteroatoms. The standard InChI is InChI=1S/C55H37N3/c1-4-14-38(15-5-1)40-24-28-43(29-25-40)57(44-30-26-41(27-31-44)39-16-6-2-7-17-39)45-32-34-46(35-33-45)58-53-23-13-11-21-48(53)50-36-49-47-20-10-12-22-52(47)56-55(51(49)37-54(50)58)42-18-8-3-9-19-42/h1-37H. The Labute approximate surface area is 337 Å². The number of fused-ring (bicyclic) bond motifs is 6. The van der Waals surface area contributed by atoms with Gasteiger partial charge in [0.25, 0.3) is 0 Å². The molecule has 2 heterocycles. The summed E-state index contributed by atoms with van der Waals surface area (Å²) in [4.78, 5) is 7.60. The van der Waals surface area contributed by atoms with Gasteiger partial charge < -0.3 is 9.47 Å². The third-order valence-corrected chi connectivity index (χ3v) is 11.4. The second-order valence-corrected chi connectivity index (χ2v) is 14.8. The summed E-state index contributed by atoms with van der Waals surface area (Å²) >= 11 is 0. The molecular formula is C55H37N3. The molecule has 0 saturated heterocycles. The summed E-state index contributed by atoms with van der Waals surface area (Å²) in [6, 6.07) is 80.4. The second-order valence-electron chi connectivity index (χ2n) is 14.8. The summed E-state index contributed by atoms with van der Waals surface area (Å²) in [6.45, 7) is 0. The van der Waals surface area contributed by atoms with Crippen LogP contribution in [0.4, 0.5) is 17.1 Å². The Balaban J connectivity index is 1.06. The van der Waals surface area contributed by atoms with Crippen molar-refractivity contribution < 1.29 is 0 Å². The molecule has 0 unspecified atom stereocenters. The van der Waals surface area contributed by atoms with Crippen molar-refractivity contribution in [1.82, 2.24) is 9.55 Å². The van der Waals surface area contributed by atoms with Gasteiger partial charge in [0, 0.05) is 49.9 Å². The van der Waals surface area contributed by atoms with Crippen LogP contribution in [0.5, 0.6) is 0 Å². The van der Waals surface area contributed by atoms with E-state index in [0.29, 0.717) is 0 Å². The van der Waals surface area contributed by atoms with Crippen molar-refractivity contribution in [3.63, 3.8) is 0 Å². The number of rotatable bonds is 7. The van der Waals surface area contributed by atoms with E-state index in [4.69, 9.17) is 4.98 Å². The van der Waals surface area contributed by atoms with Crippen LogP contribution in [0.1, 0.15) is 0 Å². The van der Waals surface area contributed by atoms with Gasteiger partial charge in [0.1, 0.15) is 0 Å². The van der Waals surface area contributed by atoms with Crippen LogP contribution in [0.3, 0.4) is 0 Å². The van der Waals surface area contributed by atoms with Gasteiger partial charge in [-0.2, -0.15) is 0 Å². The van der Waals surface area contributed by atoms with Gasteiger partial charge in [0.15, 0.2) is 0 Å². The smallest absolute Gasteiger partial charge is 0.0788 e. The van der Waals surface area contributed by atoms with Gasteiger partial charge in [-0.25, -0.2) is 4.98 Å². The first-order chi connectivity index (χ1) is 28.8. The van der Waals surface area contributed by atoms with E-state index in [1.165, 1.54) is 43.9 Å². The zero-order valence-electron chi connectivity index (χ0n) is 31.7. The fourth-order valence-corrected chi connectivity index (χ4v) is 8.57. The molecule has 0 amide bonds. The van der Waals surface area contributed by atoms with Crippen molar-refractivity contribution in [2.24, 2.45) is 0 Å². The molecule has 0 aliphatic carbocycles. The minimum absolute atomic E-state index is 0.996. The zero-order valence-corrected chi connectivity index (χ0v) is 31.7. The maximum Gasteiger partial charge on any atom is 0.0788 e. The Morgan fingerprint density at radius 3 is 1.36 bits per heavy atom. The van der Waals surface area contributed by atoms with Gasteiger partial charge in [-0.15, -0.1) is 0 Å². The van der Waals surface area contributed by atoms with Crippen LogP contribution in [-0.2, 0) is 0 Å². The van der Waals surface area contributed by atoms with E-state index in [-0.39, 0.29) is 0 Å². The number of aromatic nitrogens is 2.